The molecule has 0 aliphatic carbocycles. The van der Waals surface area contributed by atoms with E-state index in [0.717, 1.165) is 27.5 Å². The van der Waals surface area contributed by atoms with Crippen molar-refractivity contribution in [1.82, 2.24) is 9.55 Å². The number of hydrogen-bond acceptors (Lipinski definition) is 5. The van der Waals surface area contributed by atoms with Crippen LogP contribution < -0.4 is 5.56 Å². The first-order chi connectivity index (χ1) is 9.34. The van der Waals surface area contributed by atoms with Gasteiger partial charge in [-0.3, -0.25) is 9.36 Å². The smallest absolute Gasteiger partial charge is 0.271 e. The van der Waals surface area contributed by atoms with Crippen LogP contribution in [0.5, 0.6) is 0 Å². The van der Waals surface area contributed by atoms with Crippen molar-refractivity contribution in [2.24, 2.45) is 0 Å². The Kier molecular flexibility index (Phi) is 3.70. The summed E-state index contributed by atoms with van der Waals surface area (Å²) in [5, 5.41) is 1.90. The lowest BCUT2D eigenvalue weighted by atomic mass is 10.5. The monoisotopic (exact) mass is 292 g/mol. The average molecular weight is 292 g/mol. The maximum absolute atomic E-state index is 12.1. The van der Waals surface area contributed by atoms with Crippen LogP contribution >= 0.6 is 23.1 Å². The molecule has 0 amide bonds. The number of hydrogen-bond donors (Lipinski definition) is 0. The van der Waals surface area contributed by atoms with Crippen molar-refractivity contribution in [1.29, 1.82) is 0 Å². The molecule has 0 atom stereocenters. The highest BCUT2D eigenvalue weighted by atomic mass is 32.2. The number of aromatic nitrogens is 2. The summed E-state index contributed by atoms with van der Waals surface area (Å²) >= 11 is 3.19. The van der Waals surface area contributed by atoms with Gasteiger partial charge in [-0.15, -0.1) is 11.3 Å². The summed E-state index contributed by atoms with van der Waals surface area (Å²) in [5.41, 5.74) is 0.841. The zero-order chi connectivity index (χ0) is 13.1. The summed E-state index contributed by atoms with van der Waals surface area (Å²) < 4.78 is 7.67. The highest BCUT2D eigenvalue weighted by molar-refractivity contribution is 7.98. The Hall–Kier alpha value is -1.53. The number of thioether (sulfide) groups is 1. The SMILES string of the molecule is O=c1c2sccc2ncn1CCSCc1ccco1. The molecule has 0 unspecified atom stereocenters. The number of nitrogens with zero attached hydrogens (tertiary/aromatic N) is 2. The average Bonchev–Trinajstić information content (AvgIpc) is 3.08. The van der Waals surface area contributed by atoms with Crippen LogP contribution in [0.15, 0.2) is 45.4 Å². The summed E-state index contributed by atoms with van der Waals surface area (Å²) in [6, 6.07) is 5.71. The Bertz CT molecular complexity index is 716. The summed E-state index contributed by atoms with van der Waals surface area (Å²) in [6.45, 7) is 0.672. The fourth-order valence-corrected chi connectivity index (χ4v) is 3.40. The van der Waals surface area contributed by atoms with Crippen molar-refractivity contribution >= 4 is 33.3 Å². The molecule has 0 saturated carbocycles. The quantitative estimate of drug-likeness (QED) is 0.678. The van der Waals surface area contributed by atoms with Crippen molar-refractivity contribution in [3.63, 3.8) is 0 Å². The van der Waals surface area contributed by atoms with E-state index in [1.807, 2.05) is 23.6 Å². The van der Waals surface area contributed by atoms with Crippen LogP contribution in [0.3, 0.4) is 0 Å². The van der Waals surface area contributed by atoms with Gasteiger partial charge in [0.1, 0.15) is 10.5 Å². The van der Waals surface area contributed by atoms with Gasteiger partial charge in [0.2, 0.25) is 0 Å². The molecule has 19 heavy (non-hydrogen) atoms. The van der Waals surface area contributed by atoms with Gasteiger partial charge in [0.25, 0.3) is 5.56 Å². The first kappa shape index (κ1) is 12.5. The zero-order valence-corrected chi connectivity index (χ0v) is 11.7. The van der Waals surface area contributed by atoms with E-state index in [9.17, 15) is 4.79 Å². The Balaban J connectivity index is 1.62. The zero-order valence-electron chi connectivity index (χ0n) is 10.1. The van der Waals surface area contributed by atoms with Crippen LogP contribution in [0.25, 0.3) is 10.2 Å². The second kappa shape index (κ2) is 5.63. The lowest BCUT2D eigenvalue weighted by Crippen LogP contribution is -2.20. The predicted molar refractivity (Wildman–Crippen MR) is 78.8 cm³/mol. The molecule has 0 aromatic carbocycles. The van der Waals surface area contributed by atoms with E-state index in [4.69, 9.17) is 4.42 Å². The van der Waals surface area contributed by atoms with E-state index in [0.29, 0.717) is 6.54 Å². The van der Waals surface area contributed by atoms with Crippen LogP contribution in [0.4, 0.5) is 0 Å². The Morgan fingerprint density at radius 1 is 1.42 bits per heavy atom. The number of aryl methyl sites for hydroxylation is 1. The third-order valence-electron chi connectivity index (χ3n) is 2.74. The molecule has 0 saturated heterocycles. The molecule has 98 valence electrons. The molecular formula is C13H12N2O2S2. The normalized spacial score (nSPS) is 11.2. The van der Waals surface area contributed by atoms with Crippen molar-refractivity contribution in [3.8, 4) is 0 Å². The predicted octanol–water partition coefficient (Wildman–Crippen LogP) is 2.98. The molecule has 4 nitrogen and oxygen atoms in total. The molecule has 3 aromatic heterocycles. The maximum Gasteiger partial charge on any atom is 0.271 e. The van der Waals surface area contributed by atoms with Crippen molar-refractivity contribution in [2.45, 2.75) is 12.3 Å². The minimum Gasteiger partial charge on any atom is -0.468 e. The van der Waals surface area contributed by atoms with Crippen molar-refractivity contribution in [2.75, 3.05) is 5.75 Å². The highest BCUT2D eigenvalue weighted by Crippen LogP contribution is 2.14. The maximum atomic E-state index is 12.1. The molecule has 0 spiro atoms. The molecule has 0 aliphatic rings. The molecule has 0 N–H and O–H groups in total. The van der Waals surface area contributed by atoms with Crippen LogP contribution in [0.2, 0.25) is 0 Å². The first-order valence-corrected chi connectivity index (χ1v) is 7.91. The Morgan fingerprint density at radius 3 is 3.21 bits per heavy atom. The van der Waals surface area contributed by atoms with Crippen LogP contribution in [-0.4, -0.2) is 15.3 Å². The van der Waals surface area contributed by atoms with Crippen LogP contribution in [0, 0.1) is 0 Å². The third-order valence-corrected chi connectivity index (χ3v) is 4.59. The van der Waals surface area contributed by atoms with E-state index in [1.54, 1.807) is 28.9 Å². The lowest BCUT2D eigenvalue weighted by molar-refractivity contribution is 0.530. The first-order valence-electron chi connectivity index (χ1n) is 5.87. The van der Waals surface area contributed by atoms with Gasteiger partial charge >= 0.3 is 0 Å². The van der Waals surface area contributed by atoms with E-state index in [1.165, 1.54) is 11.3 Å². The van der Waals surface area contributed by atoms with Gasteiger partial charge in [-0.1, -0.05) is 0 Å². The van der Waals surface area contributed by atoms with Gasteiger partial charge in [-0.2, -0.15) is 11.8 Å². The molecule has 0 bridgehead atoms. The molecule has 3 aromatic rings. The number of fused-ring (bicyclic) bond motifs is 1. The summed E-state index contributed by atoms with van der Waals surface area (Å²) in [7, 11) is 0. The van der Waals surface area contributed by atoms with Crippen molar-refractivity contribution in [3.05, 3.63) is 52.3 Å². The standard InChI is InChI=1S/C13H12N2O2S2/c16-13-12-11(3-6-19-12)14-9-15(13)4-7-18-8-10-2-1-5-17-10/h1-3,5-6,9H,4,7-8H2. The van der Waals surface area contributed by atoms with E-state index in [-0.39, 0.29) is 5.56 Å². The van der Waals surface area contributed by atoms with Gasteiger partial charge in [-0.05, 0) is 23.6 Å². The van der Waals surface area contributed by atoms with E-state index < -0.39 is 0 Å². The summed E-state index contributed by atoms with van der Waals surface area (Å²) in [5.74, 6) is 2.65. The Labute approximate surface area is 118 Å². The van der Waals surface area contributed by atoms with Gasteiger partial charge in [0, 0.05) is 12.3 Å². The van der Waals surface area contributed by atoms with Gasteiger partial charge < -0.3 is 4.42 Å². The Morgan fingerprint density at radius 2 is 2.37 bits per heavy atom. The van der Waals surface area contributed by atoms with Crippen molar-refractivity contribution < 1.29 is 4.42 Å². The molecule has 0 aliphatic heterocycles. The molecular weight excluding hydrogens is 280 g/mol. The fraction of sp³-hybridized carbons (Fsp3) is 0.231. The fourth-order valence-electron chi connectivity index (χ4n) is 1.77. The topological polar surface area (TPSA) is 48.0 Å². The second-order valence-corrected chi connectivity index (χ2v) is 6.03. The number of furan rings is 1. The van der Waals surface area contributed by atoms with E-state index in [2.05, 4.69) is 4.98 Å². The van der Waals surface area contributed by atoms with Crippen LogP contribution in [-0.2, 0) is 12.3 Å². The molecule has 3 heterocycles. The molecule has 0 radical (unpaired) electrons. The minimum absolute atomic E-state index is 0.0543. The number of rotatable bonds is 5. The number of thiophene rings is 1. The highest BCUT2D eigenvalue weighted by Gasteiger charge is 2.05. The molecule has 6 heteroatoms. The summed E-state index contributed by atoms with van der Waals surface area (Å²) in [4.78, 5) is 16.4. The molecule has 3 rings (SSSR count). The third kappa shape index (κ3) is 2.74. The van der Waals surface area contributed by atoms with Crippen LogP contribution in [0.1, 0.15) is 5.76 Å². The van der Waals surface area contributed by atoms with E-state index >= 15 is 0 Å². The largest absolute Gasteiger partial charge is 0.468 e. The van der Waals surface area contributed by atoms with Gasteiger partial charge in [0.05, 0.1) is 23.9 Å². The lowest BCUT2D eigenvalue weighted by Gasteiger charge is -2.04. The second-order valence-electron chi connectivity index (χ2n) is 4.01. The van der Waals surface area contributed by atoms with Gasteiger partial charge in [-0.25, -0.2) is 4.98 Å². The van der Waals surface area contributed by atoms with Gasteiger partial charge in [0.15, 0.2) is 0 Å². The minimum atomic E-state index is 0.0543. The summed E-state index contributed by atoms with van der Waals surface area (Å²) in [6.07, 6.45) is 3.31. The molecule has 0 fully saturated rings.